The molecule has 0 unspecified atom stereocenters. The Balaban J connectivity index is 4.45. The van der Waals surface area contributed by atoms with Crippen LogP contribution < -0.4 is 0 Å². The molecule has 0 atom stereocenters. The van der Waals surface area contributed by atoms with E-state index in [9.17, 15) is 4.46 Å². The molecule has 3 nitrogen and oxygen atoms in total. The monoisotopic (exact) mass is 218 g/mol. The first-order valence-corrected chi connectivity index (χ1v) is 6.42. The molecule has 0 bridgehead atoms. The van der Waals surface area contributed by atoms with Crippen LogP contribution >= 0.6 is 0 Å². The Hall–Kier alpha value is -0.383. The summed E-state index contributed by atoms with van der Waals surface area (Å²) in [6, 6.07) is 0. The van der Waals surface area contributed by atoms with Gasteiger partial charge in [0.15, 0.2) is 0 Å². The molecule has 0 heterocycles. The molecular formula is C10H22O3Si. The van der Waals surface area contributed by atoms with Crippen LogP contribution in [-0.2, 0) is 13.3 Å². The zero-order chi connectivity index (χ0) is 11.4. The fourth-order valence-corrected chi connectivity index (χ4v) is 2.35. The van der Waals surface area contributed by atoms with Gasteiger partial charge in [-0.2, -0.15) is 0 Å². The van der Waals surface area contributed by atoms with E-state index in [4.69, 9.17) is 8.85 Å². The van der Waals surface area contributed by atoms with Crippen LogP contribution in [0.3, 0.4) is 0 Å². The molecule has 0 aromatic carbocycles. The van der Waals surface area contributed by atoms with E-state index < -0.39 is 9.17 Å². The van der Waals surface area contributed by atoms with Gasteiger partial charge in [-0.05, 0) is 25.7 Å². The molecular weight excluding hydrogens is 196 g/mol. The molecule has 84 valence electrons. The van der Waals surface area contributed by atoms with E-state index in [1.165, 1.54) is 0 Å². The second-order valence-corrected chi connectivity index (χ2v) is 5.27. The molecule has 0 aliphatic heterocycles. The van der Waals surface area contributed by atoms with Crippen LogP contribution in [0.15, 0.2) is 0 Å². The van der Waals surface area contributed by atoms with Crippen molar-refractivity contribution in [3.05, 3.63) is 0 Å². The van der Waals surface area contributed by atoms with Gasteiger partial charge in [0.2, 0.25) is 0 Å². The van der Waals surface area contributed by atoms with E-state index in [2.05, 4.69) is 27.7 Å². The third-order valence-corrected chi connectivity index (χ3v) is 3.99. The van der Waals surface area contributed by atoms with E-state index in [-0.39, 0.29) is 5.60 Å². The molecule has 14 heavy (non-hydrogen) atoms. The Labute approximate surface area is 88.7 Å². The van der Waals surface area contributed by atoms with E-state index in [0.717, 1.165) is 0 Å². The van der Waals surface area contributed by atoms with Gasteiger partial charge in [-0.3, -0.25) is 4.46 Å². The van der Waals surface area contributed by atoms with Crippen molar-refractivity contribution < 1.29 is 13.3 Å². The average molecular weight is 218 g/mol. The molecule has 0 amide bonds. The first-order valence-electron chi connectivity index (χ1n) is 5.20. The van der Waals surface area contributed by atoms with Crippen LogP contribution in [0.2, 0.25) is 0 Å². The lowest BCUT2D eigenvalue weighted by molar-refractivity contribution is -0.0331. The standard InChI is InChI=1S/C10H22O3Si/c1-7-12-14(11)13-10(6,8(2)3)9(4)5/h8-9H,7H2,1-6H3. The second-order valence-electron chi connectivity index (χ2n) is 4.28. The zero-order valence-corrected chi connectivity index (χ0v) is 11.1. The summed E-state index contributed by atoms with van der Waals surface area (Å²) in [6.45, 7) is 12.5. The summed E-state index contributed by atoms with van der Waals surface area (Å²) < 4.78 is 21.9. The maximum Gasteiger partial charge on any atom is 0.767 e. The van der Waals surface area contributed by atoms with E-state index >= 15 is 0 Å². The molecule has 0 aliphatic rings. The molecule has 0 saturated heterocycles. The summed E-state index contributed by atoms with van der Waals surface area (Å²) in [5.74, 6) is 0.633. The van der Waals surface area contributed by atoms with Gasteiger partial charge in [-0.15, -0.1) is 0 Å². The Bertz CT molecular complexity index is 182. The van der Waals surface area contributed by atoms with Crippen LogP contribution in [0.4, 0.5) is 0 Å². The minimum absolute atomic E-state index is 0.317. The largest absolute Gasteiger partial charge is 0.767 e. The van der Waals surface area contributed by atoms with Crippen molar-refractivity contribution in [3.8, 4) is 0 Å². The molecule has 0 saturated carbocycles. The zero-order valence-electron chi connectivity index (χ0n) is 10.1. The number of hydrogen-bond acceptors (Lipinski definition) is 3. The normalized spacial score (nSPS) is 12.0. The van der Waals surface area contributed by atoms with Gasteiger partial charge in [-0.1, -0.05) is 27.7 Å². The van der Waals surface area contributed by atoms with Crippen LogP contribution in [0.1, 0.15) is 41.5 Å². The molecule has 0 aromatic rings. The number of rotatable bonds is 6. The Morgan fingerprint density at radius 1 is 1.21 bits per heavy atom. The summed E-state index contributed by atoms with van der Waals surface area (Å²) in [4.78, 5) is 0. The van der Waals surface area contributed by atoms with Crippen molar-refractivity contribution in [2.45, 2.75) is 47.1 Å². The van der Waals surface area contributed by atoms with Gasteiger partial charge in [0, 0.05) is 0 Å². The van der Waals surface area contributed by atoms with Crippen LogP contribution in [0.25, 0.3) is 0 Å². The predicted molar refractivity (Wildman–Crippen MR) is 57.2 cm³/mol. The third-order valence-electron chi connectivity index (χ3n) is 2.86. The van der Waals surface area contributed by atoms with Gasteiger partial charge >= 0.3 is 9.17 Å². The van der Waals surface area contributed by atoms with Gasteiger partial charge < -0.3 is 8.85 Å². The minimum atomic E-state index is -2.34. The topological polar surface area (TPSA) is 35.5 Å². The van der Waals surface area contributed by atoms with Crippen LogP contribution in [-0.4, -0.2) is 21.4 Å². The maximum atomic E-state index is 11.4. The van der Waals surface area contributed by atoms with Crippen LogP contribution in [0, 0.1) is 11.8 Å². The summed E-state index contributed by atoms with van der Waals surface area (Å²) in [7, 11) is -2.34. The van der Waals surface area contributed by atoms with Crippen molar-refractivity contribution >= 4 is 9.17 Å². The quantitative estimate of drug-likeness (QED) is 0.643. The summed E-state index contributed by atoms with van der Waals surface area (Å²) in [5, 5.41) is 0. The molecule has 4 heteroatoms. The third kappa shape index (κ3) is 3.40. The summed E-state index contributed by atoms with van der Waals surface area (Å²) >= 11 is 0. The lowest BCUT2D eigenvalue weighted by Gasteiger charge is -2.37. The first-order chi connectivity index (χ1) is 6.34. The fraction of sp³-hybridized carbons (Fsp3) is 1.00. The number of hydrogen-bond donors (Lipinski definition) is 0. The highest BCUT2D eigenvalue weighted by Gasteiger charge is 2.37. The highest BCUT2D eigenvalue weighted by molar-refractivity contribution is 6.26. The molecule has 0 fully saturated rings. The van der Waals surface area contributed by atoms with Crippen molar-refractivity contribution in [3.63, 3.8) is 0 Å². The van der Waals surface area contributed by atoms with Gasteiger partial charge in [0.25, 0.3) is 0 Å². The fourth-order valence-electron chi connectivity index (χ4n) is 1.23. The van der Waals surface area contributed by atoms with E-state index in [1.54, 1.807) is 0 Å². The van der Waals surface area contributed by atoms with Gasteiger partial charge in [-0.25, -0.2) is 0 Å². The molecule has 0 aromatic heterocycles. The Morgan fingerprint density at radius 3 is 1.93 bits per heavy atom. The predicted octanol–water partition coefficient (Wildman–Crippen LogP) is 2.53. The van der Waals surface area contributed by atoms with E-state index in [1.807, 2.05) is 13.8 Å². The molecule has 0 radical (unpaired) electrons. The van der Waals surface area contributed by atoms with Gasteiger partial charge in [0.05, 0.1) is 12.2 Å². The van der Waals surface area contributed by atoms with Crippen molar-refractivity contribution in [1.82, 2.24) is 0 Å². The van der Waals surface area contributed by atoms with Crippen molar-refractivity contribution in [2.24, 2.45) is 11.8 Å². The highest BCUT2D eigenvalue weighted by atomic mass is 28.3. The molecule has 0 N–H and O–H groups in total. The lowest BCUT2D eigenvalue weighted by Crippen LogP contribution is -2.43. The average Bonchev–Trinajstić information content (AvgIpc) is 2.03. The summed E-state index contributed by atoms with van der Waals surface area (Å²) in [6.07, 6.45) is 0. The SMILES string of the molecule is CCO[Si](=O)OC(C)(C(C)C)C(C)C. The van der Waals surface area contributed by atoms with Gasteiger partial charge in [0.1, 0.15) is 0 Å². The smallest absolute Gasteiger partial charge is 0.496 e. The van der Waals surface area contributed by atoms with Crippen LogP contribution in [0.5, 0.6) is 0 Å². The molecule has 0 aliphatic carbocycles. The van der Waals surface area contributed by atoms with Crippen molar-refractivity contribution in [1.29, 1.82) is 0 Å². The highest BCUT2D eigenvalue weighted by Crippen LogP contribution is 2.29. The summed E-state index contributed by atoms with van der Waals surface area (Å²) in [5.41, 5.74) is -0.370. The minimum Gasteiger partial charge on any atom is -0.496 e. The Morgan fingerprint density at radius 2 is 1.64 bits per heavy atom. The molecule has 0 rings (SSSR count). The first kappa shape index (κ1) is 13.6. The van der Waals surface area contributed by atoms with E-state index in [0.29, 0.717) is 18.4 Å². The molecule has 0 spiro atoms. The second kappa shape index (κ2) is 5.49. The maximum absolute atomic E-state index is 11.4. The van der Waals surface area contributed by atoms with Crippen molar-refractivity contribution in [2.75, 3.05) is 6.61 Å². The Kier molecular flexibility index (Phi) is 5.34. The lowest BCUT2D eigenvalue weighted by atomic mass is 9.82.